The Morgan fingerprint density at radius 2 is 1.78 bits per heavy atom. The first-order chi connectivity index (χ1) is 11.3. The molecule has 0 aliphatic heterocycles. The highest BCUT2D eigenvalue weighted by molar-refractivity contribution is 7.18. The molecule has 0 amide bonds. The van der Waals surface area contributed by atoms with Crippen LogP contribution in [0.1, 0.15) is 30.3 Å². The van der Waals surface area contributed by atoms with Crippen molar-refractivity contribution in [1.82, 2.24) is 9.88 Å². The molecule has 0 radical (unpaired) electrons. The van der Waals surface area contributed by atoms with Gasteiger partial charge in [-0.3, -0.25) is 4.90 Å². The Bertz CT molecular complexity index is 743. The summed E-state index contributed by atoms with van der Waals surface area (Å²) in [6.07, 6.45) is 2.76. The summed E-state index contributed by atoms with van der Waals surface area (Å²) in [7, 11) is 0. The van der Waals surface area contributed by atoms with Gasteiger partial charge in [-0.05, 0) is 43.4 Å². The lowest BCUT2D eigenvalue weighted by Crippen LogP contribution is -2.33. The van der Waals surface area contributed by atoms with Crippen molar-refractivity contribution >= 4 is 21.6 Å². The van der Waals surface area contributed by atoms with E-state index >= 15 is 0 Å². The molecule has 1 atom stereocenters. The summed E-state index contributed by atoms with van der Waals surface area (Å²) in [5, 5.41) is 1.23. The molecular formula is C20H22N2S. The van der Waals surface area contributed by atoms with Gasteiger partial charge in [-0.25, -0.2) is 4.98 Å². The lowest BCUT2D eigenvalue weighted by atomic mass is 10.1. The number of hydrogen-bond acceptors (Lipinski definition) is 3. The molecule has 0 bridgehead atoms. The summed E-state index contributed by atoms with van der Waals surface area (Å²) >= 11 is 1.83. The molecule has 4 rings (SSSR count). The first-order valence-corrected chi connectivity index (χ1v) is 9.23. The van der Waals surface area contributed by atoms with Gasteiger partial charge < -0.3 is 0 Å². The largest absolute Gasteiger partial charge is 0.289 e. The molecule has 1 fully saturated rings. The summed E-state index contributed by atoms with van der Waals surface area (Å²) in [5.41, 5.74) is 2.52. The van der Waals surface area contributed by atoms with Crippen LogP contribution >= 0.6 is 11.3 Å². The minimum absolute atomic E-state index is 0.627. The Hall–Kier alpha value is -1.71. The van der Waals surface area contributed by atoms with Gasteiger partial charge in [0.1, 0.15) is 5.01 Å². The fraction of sp³-hybridized carbons (Fsp3) is 0.350. The van der Waals surface area contributed by atoms with Gasteiger partial charge in [-0.1, -0.05) is 42.5 Å². The van der Waals surface area contributed by atoms with E-state index in [1.54, 1.807) is 0 Å². The predicted molar refractivity (Wildman–Crippen MR) is 97.5 cm³/mol. The van der Waals surface area contributed by atoms with E-state index in [9.17, 15) is 0 Å². The molecule has 1 unspecified atom stereocenters. The smallest absolute Gasteiger partial charge is 0.108 e. The predicted octanol–water partition coefficient (Wildman–Crippen LogP) is 5.10. The van der Waals surface area contributed by atoms with Crippen LogP contribution in [0.5, 0.6) is 0 Å². The maximum Gasteiger partial charge on any atom is 0.108 e. The fourth-order valence-electron chi connectivity index (χ4n) is 3.20. The van der Waals surface area contributed by atoms with E-state index in [0.717, 1.165) is 24.5 Å². The van der Waals surface area contributed by atoms with Crippen molar-refractivity contribution in [2.75, 3.05) is 0 Å². The molecule has 1 heterocycles. The molecule has 0 saturated heterocycles. The van der Waals surface area contributed by atoms with Crippen molar-refractivity contribution in [3.05, 3.63) is 65.2 Å². The van der Waals surface area contributed by atoms with Crippen molar-refractivity contribution in [1.29, 1.82) is 0 Å². The van der Waals surface area contributed by atoms with Gasteiger partial charge in [-0.2, -0.15) is 0 Å². The van der Waals surface area contributed by atoms with Gasteiger partial charge in [0.15, 0.2) is 0 Å². The van der Waals surface area contributed by atoms with Gasteiger partial charge in [0.2, 0.25) is 0 Å². The second kappa shape index (κ2) is 6.42. The lowest BCUT2D eigenvalue weighted by molar-refractivity contribution is 0.172. The Kier molecular flexibility index (Phi) is 4.15. The number of nitrogens with zero attached hydrogens (tertiary/aromatic N) is 2. The Labute approximate surface area is 141 Å². The molecule has 0 N–H and O–H groups in total. The molecule has 3 aromatic rings. The third-order valence-corrected chi connectivity index (χ3v) is 5.81. The van der Waals surface area contributed by atoms with Gasteiger partial charge in [0, 0.05) is 12.6 Å². The minimum atomic E-state index is 0.627. The molecule has 23 heavy (non-hydrogen) atoms. The normalized spacial score (nSPS) is 16.1. The van der Waals surface area contributed by atoms with Crippen LogP contribution in [0.15, 0.2) is 54.6 Å². The van der Waals surface area contributed by atoms with E-state index < -0.39 is 0 Å². The monoisotopic (exact) mass is 322 g/mol. The zero-order chi connectivity index (χ0) is 15.6. The van der Waals surface area contributed by atoms with E-state index in [1.165, 1.54) is 28.1 Å². The van der Waals surface area contributed by atoms with Crippen LogP contribution in [-0.4, -0.2) is 15.9 Å². The highest BCUT2D eigenvalue weighted by Gasteiger charge is 2.32. The summed E-state index contributed by atoms with van der Waals surface area (Å²) in [6.45, 7) is 4.34. The van der Waals surface area contributed by atoms with E-state index in [2.05, 4.69) is 66.4 Å². The topological polar surface area (TPSA) is 16.1 Å². The zero-order valence-electron chi connectivity index (χ0n) is 13.5. The average Bonchev–Trinajstić information content (AvgIpc) is 3.34. The molecule has 118 valence electrons. The second-order valence-corrected chi connectivity index (χ2v) is 7.66. The maximum atomic E-state index is 4.83. The van der Waals surface area contributed by atoms with Crippen LogP contribution in [0.4, 0.5) is 0 Å². The number of aromatic nitrogens is 1. The van der Waals surface area contributed by atoms with Crippen LogP contribution in [0, 0.1) is 5.92 Å². The van der Waals surface area contributed by atoms with Crippen molar-refractivity contribution in [2.24, 2.45) is 5.92 Å². The summed E-state index contributed by atoms with van der Waals surface area (Å²) in [4.78, 5) is 7.44. The second-order valence-electron chi connectivity index (χ2n) is 6.54. The molecule has 0 spiro atoms. The number of benzene rings is 2. The van der Waals surface area contributed by atoms with E-state index in [1.807, 2.05) is 11.3 Å². The SMILES string of the molecule is CC(C1CC1)N(Cc1ccccc1)Cc1nc2ccccc2s1. The molecular weight excluding hydrogens is 300 g/mol. The molecule has 1 aromatic heterocycles. The molecule has 1 saturated carbocycles. The van der Waals surface area contributed by atoms with Crippen LogP contribution < -0.4 is 0 Å². The summed E-state index contributed by atoms with van der Waals surface area (Å²) < 4.78 is 1.29. The summed E-state index contributed by atoms with van der Waals surface area (Å²) in [5.74, 6) is 0.869. The van der Waals surface area contributed by atoms with E-state index in [0.29, 0.717) is 6.04 Å². The molecule has 1 aliphatic rings. The molecule has 2 aromatic carbocycles. The quantitative estimate of drug-likeness (QED) is 0.628. The molecule has 1 aliphatic carbocycles. The number of fused-ring (bicyclic) bond motifs is 1. The number of hydrogen-bond donors (Lipinski definition) is 0. The van der Waals surface area contributed by atoms with Crippen LogP contribution in [0.25, 0.3) is 10.2 Å². The Balaban J connectivity index is 1.56. The number of thiazole rings is 1. The third-order valence-electron chi connectivity index (χ3n) is 4.79. The number of rotatable bonds is 6. The highest BCUT2D eigenvalue weighted by atomic mass is 32.1. The fourth-order valence-corrected chi connectivity index (χ4v) is 4.19. The molecule has 2 nitrogen and oxygen atoms in total. The summed E-state index contributed by atoms with van der Waals surface area (Å²) in [6, 6.07) is 19.9. The van der Waals surface area contributed by atoms with Crippen LogP contribution in [0.3, 0.4) is 0 Å². The van der Waals surface area contributed by atoms with Crippen molar-refractivity contribution in [2.45, 2.75) is 38.9 Å². The van der Waals surface area contributed by atoms with Crippen molar-refractivity contribution in [3.8, 4) is 0 Å². The Morgan fingerprint density at radius 3 is 2.52 bits per heavy atom. The third kappa shape index (κ3) is 3.46. The van der Waals surface area contributed by atoms with Gasteiger partial charge in [0.25, 0.3) is 0 Å². The van der Waals surface area contributed by atoms with Crippen molar-refractivity contribution in [3.63, 3.8) is 0 Å². The van der Waals surface area contributed by atoms with Crippen LogP contribution in [0.2, 0.25) is 0 Å². The van der Waals surface area contributed by atoms with E-state index in [-0.39, 0.29) is 0 Å². The minimum Gasteiger partial charge on any atom is -0.289 e. The van der Waals surface area contributed by atoms with Crippen LogP contribution in [-0.2, 0) is 13.1 Å². The molecule has 3 heteroatoms. The maximum absolute atomic E-state index is 4.83. The van der Waals surface area contributed by atoms with Gasteiger partial charge in [0.05, 0.1) is 16.8 Å². The standard InChI is InChI=1S/C20H22N2S/c1-15(17-11-12-17)22(13-16-7-3-2-4-8-16)14-20-21-18-9-5-6-10-19(18)23-20/h2-10,15,17H,11-14H2,1H3. The van der Waals surface area contributed by atoms with E-state index in [4.69, 9.17) is 4.98 Å². The first-order valence-electron chi connectivity index (χ1n) is 8.42. The zero-order valence-corrected chi connectivity index (χ0v) is 14.3. The van der Waals surface area contributed by atoms with Gasteiger partial charge >= 0.3 is 0 Å². The highest BCUT2D eigenvalue weighted by Crippen LogP contribution is 2.36. The Morgan fingerprint density at radius 1 is 1.04 bits per heavy atom. The first kappa shape index (κ1) is 14.9. The van der Waals surface area contributed by atoms with Gasteiger partial charge in [-0.15, -0.1) is 11.3 Å². The average molecular weight is 322 g/mol. The van der Waals surface area contributed by atoms with Crippen molar-refractivity contribution < 1.29 is 0 Å². The lowest BCUT2D eigenvalue weighted by Gasteiger charge is -2.28. The number of para-hydroxylation sites is 1.